The standard InChI is InChI=1S/2C8H16O.2C2H6/c1-8(2,9)7-5-3-4-6-7;1-7-2-4-8(6-9)5-3-7;2*1-2/h7,9H,3-6H2,1-2H3;7-9H,2-6H2,1H3;2*1-2H3. The molecule has 0 aromatic heterocycles. The van der Waals surface area contributed by atoms with E-state index in [1.807, 2.05) is 41.5 Å². The van der Waals surface area contributed by atoms with Crippen molar-refractivity contribution in [2.24, 2.45) is 17.8 Å². The number of aliphatic hydroxyl groups excluding tert-OH is 1. The first kappa shape index (κ1) is 24.2. The minimum atomic E-state index is -0.420. The molecule has 22 heavy (non-hydrogen) atoms. The number of hydrogen-bond acceptors (Lipinski definition) is 2. The van der Waals surface area contributed by atoms with E-state index in [9.17, 15) is 5.11 Å². The van der Waals surface area contributed by atoms with E-state index in [-0.39, 0.29) is 0 Å². The molecule has 2 heteroatoms. The van der Waals surface area contributed by atoms with Gasteiger partial charge in [0.15, 0.2) is 0 Å². The van der Waals surface area contributed by atoms with Crippen LogP contribution < -0.4 is 0 Å². The SMILES string of the molecule is CC.CC.CC(C)(O)C1CCCC1.CC1CCC(CO)CC1. The van der Waals surface area contributed by atoms with Crippen molar-refractivity contribution in [1.29, 1.82) is 0 Å². The smallest absolute Gasteiger partial charge is 0.0619 e. The predicted octanol–water partition coefficient (Wildman–Crippen LogP) is 5.80. The highest BCUT2D eigenvalue weighted by molar-refractivity contribution is 4.80. The van der Waals surface area contributed by atoms with Gasteiger partial charge in [0.1, 0.15) is 0 Å². The second kappa shape index (κ2) is 14.5. The molecule has 2 saturated carbocycles. The molecule has 0 amide bonds. The molecule has 0 unspecified atom stereocenters. The molecule has 2 nitrogen and oxygen atoms in total. The van der Waals surface area contributed by atoms with Gasteiger partial charge in [-0.1, -0.05) is 60.3 Å². The Hall–Kier alpha value is -0.0800. The third kappa shape index (κ3) is 11.5. The molecule has 0 saturated heterocycles. The molecule has 0 aliphatic heterocycles. The predicted molar refractivity (Wildman–Crippen MR) is 99.2 cm³/mol. The minimum absolute atomic E-state index is 0.409. The summed E-state index contributed by atoms with van der Waals surface area (Å²) in [5.41, 5.74) is -0.420. The van der Waals surface area contributed by atoms with Crippen LogP contribution in [0.3, 0.4) is 0 Å². The summed E-state index contributed by atoms with van der Waals surface area (Å²) in [6.07, 6.45) is 10.2. The summed E-state index contributed by atoms with van der Waals surface area (Å²) in [5, 5.41) is 18.3. The van der Waals surface area contributed by atoms with Crippen LogP contribution in [0.2, 0.25) is 0 Å². The van der Waals surface area contributed by atoms with Gasteiger partial charge in [-0.15, -0.1) is 0 Å². The fourth-order valence-corrected chi connectivity index (χ4v) is 3.14. The normalized spacial score (nSPS) is 25.0. The molecule has 0 radical (unpaired) electrons. The Morgan fingerprint density at radius 3 is 1.50 bits per heavy atom. The molecule has 2 aliphatic rings. The summed E-state index contributed by atoms with van der Waals surface area (Å²) in [6, 6.07) is 0. The first-order valence-electron chi connectivity index (χ1n) is 9.76. The van der Waals surface area contributed by atoms with Crippen LogP contribution in [0.25, 0.3) is 0 Å². The fourth-order valence-electron chi connectivity index (χ4n) is 3.14. The summed E-state index contributed by atoms with van der Waals surface area (Å²) in [6.45, 7) is 14.5. The van der Waals surface area contributed by atoms with E-state index >= 15 is 0 Å². The fraction of sp³-hybridized carbons (Fsp3) is 1.00. The Bertz CT molecular complexity index is 206. The molecule has 2 aliphatic carbocycles. The zero-order valence-corrected chi connectivity index (χ0v) is 16.5. The van der Waals surface area contributed by atoms with Crippen molar-refractivity contribution in [3.63, 3.8) is 0 Å². The van der Waals surface area contributed by atoms with E-state index in [1.54, 1.807) is 0 Å². The van der Waals surface area contributed by atoms with Crippen molar-refractivity contribution in [2.75, 3.05) is 6.61 Å². The van der Waals surface area contributed by atoms with Gasteiger partial charge < -0.3 is 10.2 Å². The van der Waals surface area contributed by atoms with Gasteiger partial charge in [0, 0.05) is 6.61 Å². The van der Waals surface area contributed by atoms with Crippen molar-refractivity contribution in [3.05, 3.63) is 0 Å². The zero-order chi connectivity index (χ0) is 17.6. The molecule has 0 heterocycles. The van der Waals surface area contributed by atoms with Gasteiger partial charge in [-0.3, -0.25) is 0 Å². The number of aliphatic hydroxyl groups is 2. The molecular weight excluding hydrogens is 272 g/mol. The number of hydrogen-bond donors (Lipinski definition) is 2. The van der Waals surface area contributed by atoms with Gasteiger partial charge in [-0.05, 0) is 57.3 Å². The molecule has 2 rings (SSSR count). The average molecular weight is 317 g/mol. The van der Waals surface area contributed by atoms with Gasteiger partial charge in [0.05, 0.1) is 5.60 Å². The summed E-state index contributed by atoms with van der Waals surface area (Å²) >= 11 is 0. The average Bonchev–Trinajstić information content (AvgIpc) is 3.07. The maximum atomic E-state index is 9.52. The van der Waals surface area contributed by atoms with Crippen molar-refractivity contribution in [2.45, 2.75) is 105 Å². The molecule has 136 valence electrons. The summed E-state index contributed by atoms with van der Waals surface area (Å²) in [7, 11) is 0. The second-order valence-electron chi connectivity index (χ2n) is 6.94. The zero-order valence-electron chi connectivity index (χ0n) is 16.5. The Morgan fingerprint density at radius 1 is 0.818 bits per heavy atom. The largest absolute Gasteiger partial charge is 0.396 e. The van der Waals surface area contributed by atoms with Crippen LogP contribution in [0.5, 0.6) is 0 Å². The lowest BCUT2D eigenvalue weighted by molar-refractivity contribution is 0.0201. The lowest BCUT2D eigenvalue weighted by Gasteiger charge is -2.24. The van der Waals surface area contributed by atoms with E-state index < -0.39 is 5.60 Å². The molecular formula is C20H44O2. The van der Waals surface area contributed by atoms with Gasteiger partial charge >= 0.3 is 0 Å². The monoisotopic (exact) mass is 316 g/mol. The van der Waals surface area contributed by atoms with Crippen molar-refractivity contribution < 1.29 is 10.2 Å². The van der Waals surface area contributed by atoms with E-state index in [2.05, 4.69) is 6.92 Å². The molecule has 2 fully saturated rings. The van der Waals surface area contributed by atoms with Crippen molar-refractivity contribution >= 4 is 0 Å². The quantitative estimate of drug-likeness (QED) is 0.675. The van der Waals surface area contributed by atoms with Crippen molar-refractivity contribution in [3.8, 4) is 0 Å². The first-order valence-corrected chi connectivity index (χ1v) is 9.76. The van der Waals surface area contributed by atoms with E-state index in [0.29, 0.717) is 18.4 Å². The van der Waals surface area contributed by atoms with Crippen LogP contribution in [0.4, 0.5) is 0 Å². The second-order valence-corrected chi connectivity index (χ2v) is 6.94. The van der Waals surface area contributed by atoms with Gasteiger partial charge in [-0.25, -0.2) is 0 Å². The van der Waals surface area contributed by atoms with Crippen LogP contribution in [-0.4, -0.2) is 22.4 Å². The van der Waals surface area contributed by atoms with Crippen LogP contribution in [0.15, 0.2) is 0 Å². The van der Waals surface area contributed by atoms with E-state index in [4.69, 9.17) is 5.11 Å². The summed E-state index contributed by atoms with van der Waals surface area (Å²) in [5.74, 6) is 2.10. The van der Waals surface area contributed by atoms with Crippen molar-refractivity contribution in [1.82, 2.24) is 0 Å². The Kier molecular flexibility index (Phi) is 15.9. The highest BCUT2D eigenvalue weighted by atomic mass is 16.3. The third-order valence-electron chi connectivity index (χ3n) is 4.75. The molecule has 0 atom stereocenters. The lowest BCUT2D eigenvalue weighted by Crippen LogP contribution is -2.28. The Balaban J connectivity index is 0. The first-order chi connectivity index (χ1) is 10.4. The van der Waals surface area contributed by atoms with Gasteiger partial charge in [0.2, 0.25) is 0 Å². The molecule has 2 N–H and O–H groups in total. The van der Waals surface area contributed by atoms with Gasteiger partial charge in [-0.2, -0.15) is 0 Å². The summed E-state index contributed by atoms with van der Waals surface area (Å²) < 4.78 is 0. The van der Waals surface area contributed by atoms with Crippen LogP contribution in [0, 0.1) is 17.8 Å². The van der Waals surface area contributed by atoms with Gasteiger partial charge in [0.25, 0.3) is 0 Å². The molecule has 0 aromatic carbocycles. The lowest BCUT2D eigenvalue weighted by atomic mass is 9.84. The van der Waals surface area contributed by atoms with E-state index in [0.717, 1.165) is 5.92 Å². The highest BCUT2D eigenvalue weighted by Crippen LogP contribution is 2.33. The van der Waals surface area contributed by atoms with Crippen LogP contribution in [-0.2, 0) is 0 Å². The molecule has 0 spiro atoms. The van der Waals surface area contributed by atoms with Crippen LogP contribution in [0.1, 0.15) is 99.8 Å². The maximum Gasteiger partial charge on any atom is 0.0619 e. The third-order valence-corrected chi connectivity index (χ3v) is 4.75. The minimum Gasteiger partial charge on any atom is -0.396 e. The molecule has 0 bridgehead atoms. The highest BCUT2D eigenvalue weighted by Gasteiger charge is 2.28. The number of rotatable bonds is 2. The molecule has 0 aromatic rings. The topological polar surface area (TPSA) is 40.5 Å². The maximum absolute atomic E-state index is 9.52. The summed E-state index contributed by atoms with van der Waals surface area (Å²) in [4.78, 5) is 0. The van der Waals surface area contributed by atoms with E-state index in [1.165, 1.54) is 51.4 Å². The Morgan fingerprint density at radius 2 is 1.23 bits per heavy atom. The Labute approximate surface area is 140 Å². The van der Waals surface area contributed by atoms with Crippen LogP contribution >= 0.6 is 0 Å².